The molecule has 0 saturated heterocycles. The van der Waals surface area contributed by atoms with Crippen LogP contribution in [-0.2, 0) is 7.05 Å². The lowest BCUT2D eigenvalue weighted by Gasteiger charge is -2.06. The smallest absolute Gasteiger partial charge is 0.231 e. The van der Waals surface area contributed by atoms with Gasteiger partial charge < -0.3 is 0 Å². The number of hydrogen-bond acceptors (Lipinski definition) is 1. The Balaban J connectivity index is 2.75. The fourth-order valence-corrected chi connectivity index (χ4v) is 1.72. The van der Waals surface area contributed by atoms with Crippen molar-refractivity contribution in [1.29, 1.82) is 0 Å². The topological polar surface area (TPSA) is 22.2 Å². The van der Waals surface area contributed by atoms with Crippen LogP contribution in [0.1, 0.15) is 0 Å². The van der Waals surface area contributed by atoms with Crippen molar-refractivity contribution in [1.82, 2.24) is 9.78 Å². The number of rotatable bonds is 1. The van der Waals surface area contributed by atoms with Gasteiger partial charge in [-0.3, -0.25) is 4.68 Å². The van der Waals surface area contributed by atoms with Gasteiger partial charge >= 0.3 is 0 Å². The predicted octanol–water partition coefficient (Wildman–Crippen LogP) is 3.43. The van der Waals surface area contributed by atoms with E-state index in [9.17, 15) is 4.39 Å². The molecule has 0 aliphatic rings. The minimum atomic E-state index is -0.612. The Labute approximate surface area is 96.9 Å². The van der Waals surface area contributed by atoms with Gasteiger partial charge in [-0.25, -0.2) is 9.24 Å². The summed E-state index contributed by atoms with van der Waals surface area (Å²) >= 11 is 5.78. The van der Waals surface area contributed by atoms with Crippen LogP contribution in [0.4, 0.5) is 10.1 Å². The average molecular weight is 236 g/mol. The first kappa shape index (κ1) is 10.7. The fraction of sp³-hybridized carbons (Fsp3) is 0.0909. The molecule has 80 valence electrons. The highest BCUT2D eigenvalue weighted by atomic mass is 35.5. The quantitative estimate of drug-likeness (QED) is 0.694. The summed E-state index contributed by atoms with van der Waals surface area (Å²) in [5, 5.41) is 4.24. The lowest BCUT2D eigenvalue weighted by Crippen LogP contribution is -1.94. The third-order valence-electron chi connectivity index (χ3n) is 2.24. The summed E-state index contributed by atoms with van der Waals surface area (Å²) in [5.74, 6) is -0.612. The summed E-state index contributed by atoms with van der Waals surface area (Å²) in [6.45, 7) is 6.98. The first-order valence-electron chi connectivity index (χ1n) is 4.48. The molecule has 2 aromatic rings. The molecule has 0 amide bonds. The largest absolute Gasteiger partial charge is 0.269 e. The Morgan fingerprint density at radius 2 is 2.25 bits per heavy atom. The molecule has 0 spiro atoms. The van der Waals surface area contributed by atoms with Crippen molar-refractivity contribution in [3.05, 3.63) is 46.7 Å². The number of aryl methyl sites for hydroxylation is 1. The summed E-state index contributed by atoms with van der Waals surface area (Å²) < 4.78 is 15.1. The molecule has 0 N–H and O–H groups in total. The minimum absolute atomic E-state index is 0.0343. The van der Waals surface area contributed by atoms with Crippen molar-refractivity contribution >= 4 is 17.3 Å². The average Bonchev–Trinajstić information content (AvgIpc) is 2.63. The Morgan fingerprint density at radius 3 is 2.81 bits per heavy atom. The standard InChI is InChI=1S/C11H7ClFN3/c1-14-11-8(5-7(12)6-9(11)13)10-3-4-15-16(10)2/h3-6H,2H3. The normalized spacial score (nSPS) is 10.1. The molecule has 3 nitrogen and oxygen atoms in total. The molecule has 0 saturated carbocycles. The number of halogens is 2. The van der Waals surface area contributed by atoms with Gasteiger partial charge in [-0.15, -0.1) is 0 Å². The van der Waals surface area contributed by atoms with Gasteiger partial charge in [-0.1, -0.05) is 11.6 Å². The van der Waals surface area contributed by atoms with E-state index in [0.29, 0.717) is 11.3 Å². The van der Waals surface area contributed by atoms with Gasteiger partial charge in [0.2, 0.25) is 5.69 Å². The van der Waals surface area contributed by atoms with Gasteiger partial charge in [0.1, 0.15) is 5.82 Å². The molecule has 5 heteroatoms. The minimum Gasteiger partial charge on any atom is -0.269 e. The molecular formula is C11H7ClFN3. The van der Waals surface area contributed by atoms with Crippen LogP contribution in [0, 0.1) is 12.4 Å². The third-order valence-corrected chi connectivity index (χ3v) is 2.46. The van der Waals surface area contributed by atoms with E-state index in [-0.39, 0.29) is 10.7 Å². The summed E-state index contributed by atoms with van der Waals surface area (Å²) in [6.07, 6.45) is 1.59. The zero-order valence-corrected chi connectivity index (χ0v) is 9.16. The highest BCUT2D eigenvalue weighted by molar-refractivity contribution is 6.31. The molecule has 0 bridgehead atoms. The second kappa shape index (κ2) is 3.95. The van der Waals surface area contributed by atoms with Crippen molar-refractivity contribution in [3.63, 3.8) is 0 Å². The molecule has 1 heterocycles. The molecule has 1 aromatic carbocycles. The number of benzene rings is 1. The van der Waals surface area contributed by atoms with Crippen LogP contribution in [0.5, 0.6) is 0 Å². The van der Waals surface area contributed by atoms with Crippen molar-refractivity contribution in [2.75, 3.05) is 0 Å². The van der Waals surface area contributed by atoms with Gasteiger partial charge in [-0.2, -0.15) is 5.10 Å². The maximum atomic E-state index is 13.5. The zero-order valence-electron chi connectivity index (χ0n) is 8.41. The summed E-state index contributed by atoms with van der Waals surface area (Å²) in [6, 6.07) is 4.41. The van der Waals surface area contributed by atoms with Crippen molar-refractivity contribution < 1.29 is 4.39 Å². The SMILES string of the molecule is [C-]#[N+]c1c(F)cc(Cl)cc1-c1ccnn1C. The molecule has 1 aromatic heterocycles. The van der Waals surface area contributed by atoms with Crippen LogP contribution in [0.2, 0.25) is 5.02 Å². The molecule has 0 fully saturated rings. The molecule has 0 radical (unpaired) electrons. The van der Waals surface area contributed by atoms with Crippen molar-refractivity contribution in [2.24, 2.45) is 7.05 Å². The van der Waals surface area contributed by atoms with Gasteiger partial charge in [0, 0.05) is 23.8 Å². The molecule has 2 rings (SSSR count). The van der Waals surface area contributed by atoms with E-state index < -0.39 is 5.82 Å². The van der Waals surface area contributed by atoms with E-state index in [1.165, 1.54) is 0 Å². The van der Waals surface area contributed by atoms with Crippen LogP contribution < -0.4 is 0 Å². The molecule has 16 heavy (non-hydrogen) atoms. The van der Waals surface area contributed by atoms with Gasteiger partial charge in [-0.05, 0) is 18.2 Å². The fourth-order valence-electron chi connectivity index (χ4n) is 1.51. The lowest BCUT2D eigenvalue weighted by molar-refractivity contribution is 0.634. The molecule has 0 unspecified atom stereocenters. The van der Waals surface area contributed by atoms with E-state index in [0.717, 1.165) is 6.07 Å². The maximum Gasteiger partial charge on any atom is 0.231 e. The summed E-state index contributed by atoms with van der Waals surface area (Å²) in [5.41, 5.74) is 1.08. The van der Waals surface area contributed by atoms with Crippen LogP contribution in [0.25, 0.3) is 16.1 Å². The van der Waals surface area contributed by atoms with E-state index in [1.54, 1.807) is 30.1 Å². The number of aromatic nitrogens is 2. The van der Waals surface area contributed by atoms with E-state index in [1.807, 2.05) is 0 Å². The zero-order chi connectivity index (χ0) is 11.7. The Hall–Kier alpha value is -1.86. The first-order valence-corrected chi connectivity index (χ1v) is 4.86. The van der Waals surface area contributed by atoms with Gasteiger partial charge in [0.15, 0.2) is 0 Å². The molecule has 0 aliphatic heterocycles. The lowest BCUT2D eigenvalue weighted by atomic mass is 10.1. The van der Waals surface area contributed by atoms with E-state index >= 15 is 0 Å². The Morgan fingerprint density at radius 1 is 1.50 bits per heavy atom. The third kappa shape index (κ3) is 1.66. The Kier molecular flexibility index (Phi) is 2.63. The number of hydrogen-bond donors (Lipinski definition) is 0. The van der Waals surface area contributed by atoms with Crippen molar-refractivity contribution in [3.8, 4) is 11.3 Å². The highest BCUT2D eigenvalue weighted by Crippen LogP contribution is 2.34. The Bertz CT molecular complexity index is 583. The van der Waals surface area contributed by atoms with E-state index in [2.05, 4.69) is 9.94 Å². The maximum absolute atomic E-state index is 13.5. The van der Waals surface area contributed by atoms with Gasteiger partial charge in [0.25, 0.3) is 0 Å². The highest BCUT2D eigenvalue weighted by Gasteiger charge is 2.14. The van der Waals surface area contributed by atoms with Crippen LogP contribution in [0.15, 0.2) is 24.4 Å². The summed E-state index contributed by atoms with van der Waals surface area (Å²) in [7, 11) is 1.72. The molecule has 0 atom stereocenters. The monoisotopic (exact) mass is 235 g/mol. The number of nitrogens with zero attached hydrogens (tertiary/aromatic N) is 3. The molecule has 0 aliphatic carbocycles. The predicted molar refractivity (Wildman–Crippen MR) is 59.9 cm³/mol. The molecular weight excluding hydrogens is 229 g/mol. The summed E-state index contributed by atoms with van der Waals surface area (Å²) in [4.78, 5) is 3.18. The van der Waals surface area contributed by atoms with Crippen LogP contribution in [0.3, 0.4) is 0 Å². The van der Waals surface area contributed by atoms with Crippen molar-refractivity contribution in [2.45, 2.75) is 0 Å². The second-order valence-corrected chi connectivity index (χ2v) is 3.67. The first-order chi connectivity index (χ1) is 7.63. The van der Waals surface area contributed by atoms with Crippen LogP contribution in [-0.4, -0.2) is 9.78 Å². The van der Waals surface area contributed by atoms with E-state index in [4.69, 9.17) is 18.2 Å². The second-order valence-electron chi connectivity index (χ2n) is 3.24. The van der Waals surface area contributed by atoms with Gasteiger partial charge in [0.05, 0.1) is 12.3 Å². The van der Waals surface area contributed by atoms with Crippen LogP contribution >= 0.6 is 11.6 Å².